The number of nitrogens with one attached hydrogen (secondary N) is 1. The van der Waals surface area contributed by atoms with E-state index in [9.17, 15) is 4.79 Å². The van der Waals surface area contributed by atoms with Crippen LogP contribution in [0.3, 0.4) is 0 Å². The summed E-state index contributed by atoms with van der Waals surface area (Å²) in [6, 6.07) is 3.81. The Labute approximate surface area is 123 Å². The van der Waals surface area contributed by atoms with Crippen molar-refractivity contribution < 1.29 is 4.79 Å². The van der Waals surface area contributed by atoms with Crippen LogP contribution in [-0.2, 0) is 6.54 Å². The van der Waals surface area contributed by atoms with Crippen LogP contribution in [-0.4, -0.2) is 29.4 Å². The lowest BCUT2D eigenvalue weighted by Crippen LogP contribution is -2.27. The van der Waals surface area contributed by atoms with Crippen molar-refractivity contribution in [1.82, 2.24) is 9.88 Å². The number of carbonyl (C=O) groups excluding carboxylic acids is 1. The van der Waals surface area contributed by atoms with Gasteiger partial charge in [0.05, 0.1) is 17.4 Å². The monoisotopic (exact) mass is 289 g/mol. The van der Waals surface area contributed by atoms with Crippen LogP contribution in [0, 0.1) is 0 Å². The molecule has 2 aromatic rings. The molecule has 0 saturated carbocycles. The van der Waals surface area contributed by atoms with Gasteiger partial charge in [0.1, 0.15) is 0 Å². The van der Waals surface area contributed by atoms with Gasteiger partial charge >= 0.3 is 0 Å². The summed E-state index contributed by atoms with van der Waals surface area (Å²) in [5, 5.41) is 7.33. The average molecular weight is 289 g/mol. The second kappa shape index (κ2) is 7.05. The molecule has 0 unspecified atom stereocenters. The molecule has 0 aliphatic heterocycles. The molecule has 0 radical (unpaired) electrons. The molecule has 0 atom stereocenters. The number of hydrogen-bond donors (Lipinski definition) is 1. The standard InChI is InChI=1S/C15H19N3OS/c1-3-6-17-14-9-16-7-4-13(14)15(19)18(2)10-12-5-8-20-11-12/h4-5,7-9,11,17H,3,6,10H2,1-2H3. The van der Waals surface area contributed by atoms with E-state index in [-0.39, 0.29) is 5.91 Å². The molecule has 4 nitrogen and oxygen atoms in total. The van der Waals surface area contributed by atoms with E-state index >= 15 is 0 Å². The maximum Gasteiger partial charge on any atom is 0.256 e. The Hall–Kier alpha value is -1.88. The number of carbonyl (C=O) groups is 1. The van der Waals surface area contributed by atoms with Crippen LogP contribution in [0.5, 0.6) is 0 Å². The van der Waals surface area contributed by atoms with E-state index in [1.54, 1.807) is 34.7 Å². The molecule has 0 aromatic carbocycles. The predicted molar refractivity (Wildman–Crippen MR) is 83.1 cm³/mol. The molecular formula is C15H19N3OS. The number of hydrogen-bond acceptors (Lipinski definition) is 4. The van der Waals surface area contributed by atoms with Gasteiger partial charge in [-0.3, -0.25) is 9.78 Å². The normalized spacial score (nSPS) is 10.3. The molecule has 2 heterocycles. The molecule has 2 rings (SSSR count). The minimum Gasteiger partial charge on any atom is -0.383 e. The predicted octanol–water partition coefficient (Wildman–Crippen LogP) is 3.24. The van der Waals surface area contributed by atoms with Crippen molar-refractivity contribution in [3.05, 3.63) is 46.4 Å². The maximum absolute atomic E-state index is 12.5. The summed E-state index contributed by atoms with van der Waals surface area (Å²) < 4.78 is 0. The number of thiophene rings is 1. The minimum absolute atomic E-state index is 0.0113. The fourth-order valence-electron chi connectivity index (χ4n) is 1.92. The van der Waals surface area contributed by atoms with Gasteiger partial charge in [0.25, 0.3) is 5.91 Å². The van der Waals surface area contributed by atoms with Gasteiger partial charge in [-0.15, -0.1) is 0 Å². The Morgan fingerprint density at radius 2 is 2.30 bits per heavy atom. The first-order valence-electron chi connectivity index (χ1n) is 6.66. The highest BCUT2D eigenvalue weighted by Crippen LogP contribution is 2.17. The van der Waals surface area contributed by atoms with Crippen LogP contribution in [0.15, 0.2) is 35.3 Å². The maximum atomic E-state index is 12.5. The van der Waals surface area contributed by atoms with Crippen molar-refractivity contribution in [3.63, 3.8) is 0 Å². The van der Waals surface area contributed by atoms with Gasteiger partial charge in [-0.2, -0.15) is 11.3 Å². The molecule has 0 bridgehead atoms. The van der Waals surface area contributed by atoms with Crippen molar-refractivity contribution >= 4 is 22.9 Å². The number of pyridine rings is 1. The van der Waals surface area contributed by atoms with E-state index < -0.39 is 0 Å². The van der Waals surface area contributed by atoms with Crippen molar-refractivity contribution in [2.75, 3.05) is 18.9 Å². The van der Waals surface area contributed by atoms with Gasteiger partial charge in [0.15, 0.2) is 0 Å². The summed E-state index contributed by atoms with van der Waals surface area (Å²) in [6.45, 7) is 3.55. The molecular weight excluding hydrogens is 270 g/mol. The topological polar surface area (TPSA) is 45.2 Å². The van der Waals surface area contributed by atoms with Crippen LogP contribution < -0.4 is 5.32 Å². The number of anilines is 1. The Morgan fingerprint density at radius 1 is 1.45 bits per heavy atom. The summed E-state index contributed by atoms with van der Waals surface area (Å²) in [5.41, 5.74) is 2.63. The van der Waals surface area contributed by atoms with E-state index in [0.717, 1.165) is 24.2 Å². The molecule has 1 N–H and O–H groups in total. The third-order valence-electron chi connectivity index (χ3n) is 2.96. The Kier molecular flexibility index (Phi) is 5.12. The molecule has 5 heteroatoms. The van der Waals surface area contributed by atoms with Crippen molar-refractivity contribution in [1.29, 1.82) is 0 Å². The Balaban J connectivity index is 2.11. The smallest absolute Gasteiger partial charge is 0.256 e. The van der Waals surface area contributed by atoms with Crippen LogP contribution in [0.1, 0.15) is 29.3 Å². The van der Waals surface area contributed by atoms with Crippen molar-refractivity contribution in [2.45, 2.75) is 19.9 Å². The van der Waals surface area contributed by atoms with Gasteiger partial charge in [0, 0.05) is 26.3 Å². The molecule has 106 valence electrons. The third kappa shape index (κ3) is 3.57. The molecule has 0 aliphatic rings. The molecule has 1 amide bonds. The Bertz CT molecular complexity index is 554. The van der Waals surface area contributed by atoms with Crippen LogP contribution in [0.25, 0.3) is 0 Å². The quantitative estimate of drug-likeness (QED) is 0.888. The van der Waals surface area contributed by atoms with Crippen molar-refractivity contribution in [2.24, 2.45) is 0 Å². The van der Waals surface area contributed by atoms with Crippen LogP contribution in [0.2, 0.25) is 0 Å². The fourth-order valence-corrected chi connectivity index (χ4v) is 2.58. The largest absolute Gasteiger partial charge is 0.383 e. The SMILES string of the molecule is CCCNc1cnccc1C(=O)N(C)Cc1ccsc1. The molecule has 0 fully saturated rings. The van der Waals surface area contributed by atoms with Gasteiger partial charge in [-0.05, 0) is 34.9 Å². The van der Waals surface area contributed by atoms with E-state index in [1.165, 1.54) is 0 Å². The molecule has 0 spiro atoms. The summed E-state index contributed by atoms with van der Waals surface area (Å²) >= 11 is 1.64. The first-order chi connectivity index (χ1) is 9.72. The van der Waals surface area contributed by atoms with Gasteiger partial charge in [-0.25, -0.2) is 0 Å². The summed E-state index contributed by atoms with van der Waals surface area (Å²) in [5.74, 6) is 0.0113. The Morgan fingerprint density at radius 3 is 3.00 bits per heavy atom. The molecule has 0 saturated heterocycles. The van der Waals surface area contributed by atoms with Gasteiger partial charge < -0.3 is 10.2 Å². The number of aromatic nitrogens is 1. The zero-order valence-electron chi connectivity index (χ0n) is 11.8. The summed E-state index contributed by atoms with van der Waals surface area (Å²) in [7, 11) is 1.82. The molecule has 20 heavy (non-hydrogen) atoms. The lowest BCUT2D eigenvalue weighted by Gasteiger charge is -2.18. The van der Waals surface area contributed by atoms with E-state index in [4.69, 9.17) is 0 Å². The van der Waals surface area contributed by atoms with E-state index in [2.05, 4.69) is 22.6 Å². The molecule has 2 aromatic heterocycles. The number of nitrogens with zero attached hydrogens (tertiary/aromatic N) is 2. The first-order valence-corrected chi connectivity index (χ1v) is 7.61. The first kappa shape index (κ1) is 14.5. The number of amides is 1. The fraction of sp³-hybridized carbons (Fsp3) is 0.333. The van der Waals surface area contributed by atoms with E-state index in [1.807, 2.05) is 18.5 Å². The van der Waals surface area contributed by atoms with Crippen molar-refractivity contribution in [3.8, 4) is 0 Å². The zero-order valence-corrected chi connectivity index (χ0v) is 12.6. The minimum atomic E-state index is 0.0113. The average Bonchev–Trinajstić information content (AvgIpc) is 2.97. The summed E-state index contributed by atoms with van der Waals surface area (Å²) in [6.07, 6.45) is 4.37. The lowest BCUT2D eigenvalue weighted by molar-refractivity contribution is 0.0786. The second-order valence-electron chi connectivity index (χ2n) is 4.64. The highest BCUT2D eigenvalue weighted by atomic mass is 32.1. The molecule has 0 aliphatic carbocycles. The summed E-state index contributed by atoms with van der Waals surface area (Å²) in [4.78, 5) is 18.3. The number of rotatable bonds is 6. The highest BCUT2D eigenvalue weighted by Gasteiger charge is 2.16. The van der Waals surface area contributed by atoms with Crippen LogP contribution >= 0.6 is 11.3 Å². The van der Waals surface area contributed by atoms with E-state index in [0.29, 0.717) is 12.1 Å². The lowest BCUT2D eigenvalue weighted by atomic mass is 10.2. The zero-order chi connectivity index (χ0) is 14.4. The third-order valence-corrected chi connectivity index (χ3v) is 3.70. The highest BCUT2D eigenvalue weighted by molar-refractivity contribution is 7.07. The van der Waals surface area contributed by atoms with Gasteiger partial charge in [-0.1, -0.05) is 6.92 Å². The second-order valence-corrected chi connectivity index (χ2v) is 5.42. The van der Waals surface area contributed by atoms with Crippen LogP contribution in [0.4, 0.5) is 5.69 Å². The van der Waals surface area contributed by atoms with Gasteiger partial charge in [0.2, 0.25) is 0 Å².